The van der Waals surface area contributed by atoms with Gasteiger partial charge in [0.1, 0.15) is 0 Å². The van der Waals surface area contributed by atoms with Crippen LogP contribution in [0.4, 0.5) is 0 Å². The fraction of sp³-hybridized carbons (Fsp3) is 0.667. The third-order valence-electron chi connectivity index (χ3n) is 3.00. The number of hydrogen-bond donors (Lipinski definition) is 2. The van der Waals surface area contributed by atoms with Crippen LogP contribution in [0.2, 0.25) is 0 Å². The third kappa shape index (κ3) is 3.73. The second-order valence-corrected chi connectivity index (χ2v) is 4.43. The summed E-state index contributed by atoms with van der Waals surface area (Å²) < 4.78 is 5.10. The van der Waals surface area contributed by atoms with Gasteiger partial charge in [-0.2, -0.15) is 10.2 Å². The standard InChI is InChI=1S/C12H22N4O/c1-8(5-6-17-4)12(14-13)11-7-9(2)15-16-10(11)3/h7-8,12,14H,5-6,13H2,1-4H3. The maximum Gasteiger partial charge on any atom is 0.0648 e. The minimum absolute atomic E-state index is 0.0827. The predicted octanol–water partition coefficient (Wildman–Crippen LogP) is 1.27. The summed E-state index contributed by atoms with van der Waals surface area (Å²) in [7, 11) is 1.71. The Bertz CT molecular complexity index is 356. The van der Waals surface area contributed by atoms with Crippen LogP contribution >= 0.6 is 0 Å². The van der Waals surface area contributed by atoms with Gasteiger partial charge >= 0.3 is 0 Å². The minimum Gasteiger partial charge on any atom is -0.385 e. The van der Waals surface area contributed by atoms with Gasteiger partial charge in [-0.25, -0.2) is 0 Å². The fourth-order valence-corrected chi connectivity index (χ4v) is 1.92. The van der Waals surface area contributed by atoms with Gasteiger partial charge in [0.15, 0.2) is 0 Å². The molecule has 1 heterocycles. The van der Waals surface area contributed by atoms with Gasteiger partial charge in [-0.3, -0.25) is 11.3 Å². The molecule has 3 N–H and O–H groups in total. The minimum atomic E-state index is 0.0827. The highest BCUT2D eigenvalue weighted by Crippen LogP contribution is 2.25. The first-order valence-corrected chi connectivity index (χ1v) is 5.86. The second-order valence-electron chi connectivity index (χ2n) is 4.43. The molecule has 1 aromatic rings. The lowest BCUT2D eigenvalue weighted by Crippen LogP contribution is -2.33. The average Bonchev–Trinajstić information content (AvgIpc) is 2.32. The summed E-state index contributed by atoms with van der Waals surface area (Å²) in [6, 6.07) is 2.12. The average molecular weight is 238 g/mol. The quantitative estimate of drug-likeness (QED) is 0.577. The van der Waals surface area contributed by atoms with Crippen LogP contribution in [0.15, 0.2) is 6.07 Å². The van der Waals surface area contributed by atoms with Gasteiger partial charge in [0, 0.05) is 13.7 Å². The largest absolute Gasteiger partial charge is 0.385 e. The topological polar surface area (TPSA) is 73.1 Å². The highest BCUT2D eigenvalue weighted by atomic mass is 16.5. The number of rotatable bonds is 6. The Kier molecular flexibility index (Phi) is 5.47. The van der Waals surface area contributed by atoms with E-state index < -0.39 is 0 Å². The number of ether oxygens (including phenoxy) is 1. The van der Waals surface area contributed by atoms with Gasteiger partial charge in [-0.05, 0) is 37.8 Å². The van der Waals surface area contributed by atoms with Crippen molar-refractivity contribution in [2.75, 3.05) is 13.7 Å². The first-order valence-electron chi connectivity index (χ1n) is 5.86. The van der Waals surface area contributed by atoms with Crippen LogP contribution in [0.25, 0.3) is 0 Å². The highest BCUT2D eigenvalue weighted by molar-refractivity contribution is 5.24. The van der Waals surface area contributed by atoms with Gasteiger partial charge in [-0.15, -0.1) is 0 Å². The van der Waals surface area contributed by atoms with E-state index in [-0.39, 0.29) is 6.04 Å². The van der Waals surface area contributed by atoms with E-state index in [1.807, 2.05) is 19.9 Å². The van der Waals surface area contributed by atoms with Crippen molar-refractivity contribution in [2.45, 2.75) is 33.2 Å². The summed E-state index contributed by atoms with van der Waals surface area (Å²) in [6.07, 6.45) is 0.951. The molecule has 96 valence electrons. The first kappa shape index (κ1) is 14.0. The highest BCUT2D eigenvalue weighted by Gasteiger charge is 2.20. The molecule has 0 radical (unpaired) electrons. The van der Waals surface area contributed by atoms with Crippen LogP contribution in [0.1, 0.15) is 36.3 Å². The Morgan fingerprint density at radius 2 is 2.12 bits per heavy atom. The molecule has 0 bridgehead atoms. The van der Waals surface area contributed by atoms with E-state index in [0.717, 1.165) is 30.0 Å². The molecule has 0 aliphatic rings. The van der Waals surface area contributed by atoms with E-state index in [0.29, 0.717) is 5.92 Å². The summed E-state index contributed by atoms with van der Waals surface area (Å²) in [6.45, 7) is 6.77. The molecule has 1 aromatic heterocycles. The van der Waals surface area contributed by atoms with E-state index >= 15 is 0 Å². The van der Waals surface area contributed by atoms with Crippen LogP contribution < -0.4 is 11.3 Å². The Balaban J connectivity index is 2.88. The molecule has 0 saturated heterocycles. The number of aromatic nitrogens is 2. The zero-order chi connectivity index (χ0) is 12.8. The van der Waals surface area contributed by atoms with Crippen LogP contribution in [-0.4, -0.2) is 23.9 Å². The molecule has 0 aliphatic heterocycles. The maximum absolute atomic E-state index is 5.66. The Hall–Kier alpha value is -1.04. The van der Waals surface area contributed by atoms with E-state index in [4.69, 9.17) is 10.6 Å². The Morgan fingerprint density at radius 1 is 1.41 bits per heavy atom. The van der Waals surface area contributed by atoms with Crippen molar-refractivity contribution in [1.82, 2.24) is 15.6 Å². The summed E-state index contributed by atoms with van der Waals surface area (Å²) in [5.41, 5.74) is 5.81. The molecule has 0 spiro atoms. The van der Waals surface area contributed by atoms with E-state index in [1.54, 1.807) is 7.11 Å². The number of aryl methyl sites for hydroxylation is 2. The fourth-order valence-electron chi connectivity index (χ4n) is 1.92. The molecule has 0 aliphatic carbocycles. The molecule has 0 amide bonds. The Labute approximate surface area is 103 Å². The van der Waals surface area contributed by atoms with Gasteiger partial charge in [0.25, 0.3) is 0 Å². The summed E-state index contributed by atoms with van der Waals surface area (Å²) >= 11 is 0. The second kappa shape index (κ2) is 6.64. The van der Waals surface area contributed by atoms with Gasteiger partial charge in [0.2, 0.25) is 0 Å². The number of hydrazine groups is 1. The Morgan fingerprint density at radius 3 is 2.71 bits per heavy atom. The molecule has 0 saturated carbocycles. The zero-order valence-corrected chi connectivity index (χ0v) is 11.0. The third-order valence-corrected chi connectivity index (χ3v) is 3.00. The lowest BCUT2D eigenvalue weighted by molar-refractivity contribution is 0.170. The molecular formula is C12H22N4O. The van der Waals surface area contributed by atoms with Gasteiger partial charge in [-0.1, -0.05) is 6.92 Å². The number of nitrogens with one attached hydrogen (secondary N) is 1. The zero-order valence-electron chi connectivity index (χ0n) is 11.0. The lowest BCUT2D eigenvalue weighted by atomic mass is 9.92. The molecular weight excluding hydrogens is 216 g/mol. The summed E-state index contributed by atoms with van der Waals surface area (Å²) in [5.74, 6) is 6.03. The van der Waals surface area contributed by atoms with Gasteiger partial charge < -0.3 is 4.74 Å². The van der Waals surface area contributed by atoms with E-state index in [9.17, 15) is 0 Å². The predicted molar refractivity (Wildman–Crippen MR) is 67.2 cm³/mol. The lowest BCUT2D eigenvalue weighted by Gasteiger charge is -2.24. The van der Waals surface area contributed by atoms with Crippen molar-refractivity contribution in [1.29, 1.82) is 0 Å². The molecule has 17 heavy (non-hydrogen) atoms. The van der Waals surface area contributed by atoms with E-state index in [2.05, 4.69) is 22.5 Å². The SMILES string of the molecule is COCCC(C)C(NN)c1cc(C)nnc1C. The van der Waals surface area contributed by atoms with Crippen molar-refractivity contribution >= 4 is 0 Å². The molecule has 0 fully saturated rings. The number of nitrogens with zero attached hydrogens (tertiary/aromatic N) is 2. The van der Waals surface area contributed by atoms with Crippen LogP contribution in [0, 0.1) is 19.8 Å². The van der Waals surface area contributed by atoms with Crippen molar-refractivity contribution < 1.29 is 4.74 Å². The molecule has 5 nitrogen and oxygen atoms in total. The van der Waals surface area contributed by atoms with Crippen molar-refractivity contribution in [3.63, 3.8) is 0 Å². The molecule has 1 rings (SSSR count). The van der Waals surface area contributed by atoms with E-state index in [1.165, 1.54) is 0 Å². The molecule has 2 unspecified atom stereocenters. The summed E-state index contributed by atoms with van der Waals surface area (Å²) in [5, 5.41) is 8.17. The molecule has 2 atom stereocenters. The molecule has 5 heteroatoms. The number of hydrogen-bond acceptors (Lipinski definition) is 5. The summed E-state index contributed by atoms with van der Waals surface area (Å²) in [4.78, 5) is 0. The van der Waals surface area contributed by atoms with Crippen LogP contribution in [0.3, 0.4) is 0 Å². The van der Waals surface area contributed by atoms with Crippen LogP contribution in [0.5, 0.6) is 0 Å². The van der Waals surface area contributed by atoms with Crippen molar-refractivity contribution in [3.05, 3.63) is 23.0 Å². The number of nitrogens with two attached hydrogens (primary N) is 1. The van der Waals surface area contributed by atoms with Crippen LogP contribution in [-0.2, 0) is 4.74 Å². The first-order chi connectivity index (χ1) is 8.10. The van der Waals surface area contributed by atoms with Crippen molar-refractivity contribution in [2.24, 2.45) is 11.8 Å². The molecule has 0 aromatic carbocycles. The van der Waals surface area contributed by atoms with Crippen molar-refractivity contribution in [3.8, 4) is 0 Å². The van der Waals surface area contributed by atoms with Gasteiger partial charge in [0.05, 0.1) is 17.4 Å². The monoisotopic (exact) mass is 238 g/mol. The maximum atomic E-state index is 5.66. The smallest absolute Gasteiger partial charge is 0.0648 e. The normalized spacial score (nSPS) is 14.6. The number of methoxy groups -OCH3 is 1.